The number of rotatable bonds is 3. The van der Waals surface area contributed by atoms with E-state index in [2.05, 4.69) is 11.0 Å². The first-order valence-electron chi connectivity index (χ1n) is 6.27. The predicted molar refractivity (Wildman–Crippen MR) is 67.3 cm³/mol. The number of amides is 1. The van der Waals surface area contributed by atoms with Gasteiger partial charge in [-0.3, -0.25) is 9.69 Å². The van der Waals surface area contributed by atoms with E-state index in [1.165, 1.54) is 0 Å². The lowest BCUT2D eigenvalue weighted by Gasteiger charge is -2.35. The zero-order valence-corrected chi connectivity index (χ0v) is 11.4. The molecule has 0 aromatic rings. The molecule has 17 heavy (non-hydrogen) atoms. The molecular formula is C13H23N3O. The Labute approximate surface area is 104 Å². The van der Waals surface area contributed by atoms with Gasteiger partial charge in [-0.25, -0.2) is 0 Å². The van der Waals surface area contributed by atoms with Gasteiger partial charge in [-0.15, -0.1) is 0 Å². The molecule has 0 spiro atoms. The molecule has 0 aromatic heterocycles. The van der Waals surface area contributed by atoms with Gasteiger partial charge in [0.1, 0.15) is 0 Å². The lowest BCUT2D eigenvalue weighted by Crippen LogP contribution is -2.45. The van der Waals surface area contributed by atoms with Crippen molar-refractivity contribution in [2.45, 2.75) is 39.7 Å². The number of piperidine rings is 1. The summed E-state index contributed by atoms with van der Waals surface area (Å²) >= 11 is 0. The molecule has 96 valence electrons. The maximum absolute atomic E-state index is 11.9. The van der Waals surface area contributed by atoms with Gasteiger partial charge in [0.15, 0.2) is 0 Å². The lowest BCUT2D eigenvalue weighted by molar-refractivity contribution is -0.133. The number of carbonyl (C=O) groups excluding carboxylic acids is 1. The van der Waals surface area contributed by atoms with Crippen LogP contribution in [0.1, 0.15) is 33.6 Å². The van der Waals surface area contributed by atoms with E-state index < -0.39 is 0 Å². The zero-order chi connectivity index (χ0) is 13.1. The average molecular weight is 237 g/mol. The second-order valence-electron chi connectivity index (χ2n) is 5.55. The predicted octanol–water partition coefficient (Wildman–Crippen LogP) is 1.48. The monoisotopic (exact) mass is 237 g/mol. The highest BCUT2D eigenvalue weighted by molar-refractivity contribution is 5.78. The number of carbonyl (C=O) groups is 1. The smallest absolute Gasteiger partial charge is 0.236 e. The Kier molecular flexibility index (Phi) is 4.53. The molecule has 4 nitrogen and oxygen atoms in total. The fourth-order valence-electron chi connectivity index (χ4n) is 1.91. The molecule has 0 aromatic carbocycles. The highest BCUT2D eigenvalue weighted by atomic mass is 16.2. The number of likely N-dealkylation sites (tertiary alicyclic amines) is 1. The van der Waals surface area contributed by atoms with Crippen molar-refractivity contribution in [1.29, 1.82) is 5.26 Å². The summed E-state index contributed by atoms with van der Waals surface area (Å²) in [4.78, 5) is 15.8. The molecule has 0 aliphatic carbocycles. The van der Waals surface area contributed by atoms with E-state index in [-0.39, 0.29) is 17.4 Å². The molecule has 1 aliphatic heterocycles. The van der Waals surface area contributed by atoms with Gasteiger partial charge in [0.05, 0.1) is 18.0 Å². The number of hydrogen-bond donors (Lipinski definition) is 0. The van der Waals surface area contributed by atoms with Crippen LogP contribution < -0.4 is 0 Å². The first kappa shape index (κ1) is 14.0. The van der Waals surface area contributed by atoms with E-state index >= 15 is 0 Å². The van der Waals surface area contributed by atoms with Gasteiger partial charge in [-0.2, -0.15) is 5.26 Å². The van der Waals surface area contributed by atoms with Crippen molar-refractivity contribution < 1.29 is 4.79 Å². The molecule has 1 rings (SSSR count). The van der Waals surface area contributed by atoms with Gasteiger partial charge in [0.25, 0.3) is 0 Å². The van der Waals surface area contributed by atoms with Gasteiger partial charge in [-0.1, -0.05) is 0 Å². The molecule has 0 saturated carbocycles. The van der Waals surface area contributed by atoms with Gasteiger partial charge >= 0.3 is 0 Å². The summed E-state index contributed by atoms with van der Waals surface area (Å²) < 4.78 is 0. The maximum Gasteiger partial charge on any atom is 0.236 e. The molecule has 1 fully saturated rings. The molecule has 1 saturated heterocycles. The van der Waals surface area contributed by atoms with Gasteiger partial charge in [-0.05, 0) is 33.6 Å². The summed E-state index contributed by atoms with van der Waals surface area (Å²) in [6, 6.07) is 2.62. The number of nitrogens with zero attached hydrogens (tertiary/aromatic N) is 3. The Morgan fingerprint density at radius 2 is 2.00 bits per heavy atom. The molecule has 1 heterocycles. The molecule has 0 bridgehead atoms. The standard InChI is InChI=1S/C13H23N3O/c1-11(2)15(4)12(17)9-16-7-5-13(3,10-14)6-8-16/h11H,5-9H2,1-4H3. The number of likely N-dealkylation sites (N-methyl/N-ethyl adjacent to an activating group) is 1. The van der Waals surface area contributed by atoms with Crippen molar-refractivity contribution in [2.75, 3.05) is 26.7 Å². The summed E-state index contributed by atoms with van der Waals surface area (Å²) in [5, 5.41) is 9.04. The molecule has 4 heteroatoms. The molecule has 0 atom stereocenters. The van der Waals surface area contributed by atoms with Crippen LogP contribution >= 0.6 is 0 Å². The van der Waals surface area contributed by atoms with E-state index in [4.69, 9.17) is 5.26 Å². The van der Waals surface area contributed by atoms with Crippen molar-refractivity contribution in [3.05, 3.63) is 0 Å². The van der Waals surface area contributed by atoms with Crippen molar-refractivity contribution in [2.24, 2.45) is 5.41 Å². The summed E-state index contributed by atoms with van der Waals surface area (Å²) in [6.07, 6.45) is 1.73. The second-order valence-corrected chi connectivity index (χ2v) is 5.55. The Hall–Kier alpha value is -1.08. The first-order chi connectivity index (χ1) is 7.88. The molecule has 0 N–H and O–H groups in total. The van der Waals surface area contributed by atoms with Crippen LogP contribution in [0.3, 0.4) is 0 Å². The van der Waals surface area contributed by atoms with E-state index in [0.29, 0.717) is 6.54 Å². The number of hydrogen-bond acceptors (Lipinski definition) is 3. The van der Waals surface area contributed by atoms with E-state index in [1.54, 1.807) is 4.90 Å². The first-order valence-corrected chi connectivity index (χ1v) is 6.27. The topological polar surface area (TPSA) is 47.3 Å². The summed E-state index contributed by atoms with van der Waals surface area (Å²) in [5.41, 5.74) is -0.191. The molecule has 0 radical (unpaired) electrons. The van der Waals surface area contributed by atoms with Gasteiger partial charge < -0.3 is 4.90 Å². The Bertz CT molecular complexity index is 311. The van der Waals surface area contributed by atoms with Crippen LogP contribution in [0, 0.1) is 16.7 Å². The van der Waals surface area contributed by atoms with Crippen LogP contribution in [-0.2, 0) is 4.79 Å². The Balaban J connectivity index is 2.42. The fraction of sp³-hybridized carbons (Fsp3) is 0.846. The highest BCUT2D eigenvalue weighted by Gasteiger charge is 2.30. The van der Waals surface area contributed by atoms with Gasteiger partial charge in [0.2, 0.25) is 5.91 Å². The third-order valence-electron chi connectivity index (χ3n) is 3.76. The fourth-order valence-corrected chi connectivity index (χ4v) is 1.91. The Morgan fingerprint density at radius 3 is 2.41 bits per heavy atom. The summed E-state index contributed by atoms with van der Waals surface area (Å²) in [6.45, 7) is 8.22. The zero-order valence-electron chi connectivity index (χ0n) is 11.4. The van der Waals surface area contributed by atoms with Crippen LogP contribution in [-0.4, -0.2) is 48.4 Å². The van der Waals surface area contributed by atoms with Crippen molar-refractivity contribution in [3.63, 3.8) is 0 Å². The van der Waals surface area contributed by atoms with E-state index in [0.717, 1.165) is 25.9 Å². The quantitative estimate of drug-likeness (QED) is 0.747. The number of nitriles is 1. The summed E-state index contributed by atoms with van der Waals surface area (Å²) in [7, 11) is 1.84. The highest BCUT2D eigenvalue weighted by Crippen LogP contribution is 2.29. The van der Waals surface area contributed by atoms with Crippen molar-refractivity contribution >= 4 is 5.91 Å². The van der Waals surface area contributed by atoms with E-state index in [9.17, 15) is 4.79 Å². The minimum atomic E-state index is -0.191. The molecule has 0 unspecified atom stereocenters. The Morgan fingerprint density at radius 1 is 1.47 bits per heavy atom. The molecule has 1 amide bonds. The van der Waals surface area contributed by atoms with Crippen LogP contribution in [0.15, 0.2) is 0 Å². The van der Waals surface area contributed by atoms with Gasteiger partial charge in [0, 0.05) is 26.2 Å². The third-order valence-corrected chi connectivity index (χ3v) is 3.76. The van der Waals surface area contributed by atoms with Crippen molar-refractivity contribution in [1.82, 2.24) is 9.80 Å². The summed E-state index contributed by atoms with van der Waals surface area (Å²) in [5.74, 6) is 0.167. The normalized spacial score (nSPS) is 20.0. The minimum absolute atomic E-state index is 0.167. The maximum atomic E-state index is 11.9. The van der Waals surface area contributed by atoms with Crippen LogP contribution in [0.2, 0.25) is 0 Å². The average Bonchev–Trinajstić information content (AvgIpc) is 2.31. The second kappa shape index (κ2) is 5.50. The van der Waals surface area contributed by atoms with Crippen LogP contribution in [0.25, 0.3) is 0 Å². The van der Waals surface area contributed by atoms with Crippen LogP contribution in [0.4, 0.5) is 0 Å². The SMILES string of the molecule is CC(C)N(C)C(=O)CN1CCC(C)(C#N)CC1. The van der Waals surface area contributed by atoms with Crippen LogP contribution in [0.5, 0.6) is 0 Å². The van der Waals surface area contributed by atoms with E-state index in [1.807, 2.05) is 27.8 Å². The largest absolute Gasteiger partial charge is 0.342 e. The third kappa shape index (κ3) is 3.71. The molecule has 1 aliphatic rings. The van der Waals surface area contributed by atoms with Crippen molar-refractivity contribution in [3.8, 4) is 6.07 Å². The minimum Gasteiger partial charge on any atom is -0.342 e. The molecular weight excluding hydrogens is 214 g/mol. The lowest BCUT2D eigenvalue weighted by atomic mass is 9.82.